The van der Waals surface area contributed by atoms with Crippen LogP contribution in [0.3, 0.4) is 0 Å². The quantitative estimate of drug-likeness (QED) is 0.460. The molecule has 0 aliphatic heterocycles. The molecule has 132 valence electrons. The second kappa shape index (κ2) is 7.96. The number of nitrogens with zero attached hydrogens (tertiary/aromatic N) is 1. The summed E-state index contributed by atoms with van der Waals surface area (Å²) in [7, 11) is 0. The number of hydrogen-bond acceptors (Lipinski definition) is 5. The van der Waals surface area contributed by atoms with Gasteiger partial charge < -0.3 is 15.8 Å². The number of ether oxygens (including phenoxy) is 1. The van der Waals surface area contributed by atoms with Crippen LogP contribution in [0.4, 0.5) is 10.5 Å². The molecule has 0 unspecified atom stereocenters. The molecular weight excluding hydrogens is 338 g/mol. The van der Waals surface area contributed by atoms with Crippen molar-refractivity contribution in [3.05, 3.63) is 38.4 Å². The Balaban J connectivity index is 2.73. The first kappa shape index (κ1) is 19.7. The standard InChI is InChI=1S/C15H20ClN3O5/c1-15(2,3)24-14(21)18-6-4-5-9-7-10(13(17)20)8-11(12(9)16)19(22)23/h7-8H,4-6H2,1-3H3,(H2,17,20)(H,18,21). The van der Waals surface area contributed by atoms with Gasteiger partial charge in [-0.1, -0.05) is 11.6 Å². The van der Waals surface area contributed by atoms with Gasteiger partial charge in [-0.3, -0.25) is 14.9 Å². The fourth-order valence-corrected chi connectivity index (χ4v) is 2.18. The summed E-state index contributed by atoms with van der Waals surface area (Å²) in [6.07, 6.45) is 0.236. The first-order valence-electron chi connectivity index (χ1n) is 7.24. The fraction of sp³-hybridized carbons (Fsp3) is 0.467. The molecule has 3 N–H and O–H groups in total. The van der Waals surface area contributed by atoms with E-state index in [0.717, 1.165) is 6.07 Å². The molecule has 9 heteroatoms. The van der Waals surface area contributed by atoms with Crippen LogP contribution in [0.25, 0.3) is 0 Å². The van der Waals surface area contributed by atoms with Crippen LogP contribution >= 0.6 is 11.6 Å². The van der Waals surface area contributed by atoms with Crippen molar-refractivity contribution in [1.29, 1.82) is 0 Å². The lowest BCUT2D eigenvalue weighted by atomic mass is 10.0. The molecule has 0 heterocycles. The smallest absolute Gasteiger partial charge is 0.407 e. The maximum Gasteiger partial charge on any atom is 0.407 e. The minimum atomic E-state index is -0.775. The zero-order valence-electron chi connectivity index (χ0n) is 13.7. The normalized spacial score (nSPS) is 11.0. The van der Waals surface area contributed by atoms with Gasteiger partial charge in [-0.15, -0.1) is 0 Å². The largest absolute Gasteiger partial charge is 0.444 e. The molecule has 0 saturated heterocycles. The molecule has 24 heavy (non-hydrogen) atoms. The van der Waals surface area contributed by atoms with E-state index in [2.05, 4.69) is 5.32 Å². The summed E-state index contributed by atoms with van der Waals surface area (Å²) < 4.78 is 5.09. The maximum atomic E-state index is 11.5. The number of rotatable bonds is 6. The zero-order chi connectivity index (χ0) is 18.5. The Morgan fingerprint density at radius 2 is 2.00 bits per heavy atom. The average Bonchev–Trinajstić information content (AvgIpc) is 2.42. The third-order valence-electron chi connectivity index (χ3n) is 2.90. The van der Waals surface area contributed by atoms with Crippen LogP contribution in [0.15, 0.2) is 12.1 Å². The van der Waals surface area contributed by atoms with E-state index in [1.807, 2.05) is 0 Å². The number of alkyl carbamates (subject to hydrolysis) is 1. The number of carbonyl (C=O) groups is 2. The number of amides is 2. The summed E-state index contributed by atoms with van der Waals surface area (Å²) in [5.41, 5.74) is 4.65. The number of benzene rings is 1. The fourth-order valence-electron chi connectivity index (χ4n) is 1.91. The van der Waals surface area contributed by atoms with Crippen LogP contribution in [-0.4, -0.2) is 29.1 Å². The van der Waals surface area contributed by atoms with Crippen LogP contribution in [-0.2, 0) is 11.2 Å². The molecule has 0 bridgehead atoms. The molecular formula is C15H20ClN3O5. The van der Waals surface area contributed by atoms with E-state index >= 15 is 0 Å². The highest BCUT2D eigenvalue weighted by molar-refractivity contribution is 6.33. The van der Waals surface area contributed by atoms with Crippen molar-refractivity contribution in [3.8, 4) is 0 Å². The van der Waals surface area contributed by atoms with Gasteiger partial charge in [0, 0.05) is 18.2 Å². The molecule has 1 rings (SSSR count). The Kier molecular flexibility index (Phi) is 6.53. The van der Waals surface area contributed by atoms with E-state index in [1.54, 1.807) is 20.8 Å². The third-order valence-corrected chi connectivity index (χ3v) is 3.34. The third kappa shape index (κ3) is 6.04. The Morgan fingerprint density at radius 1 is 1.38 bits per heavy atom. The summed E-state index contributed by atoms with van der Waals surface area (Å²) in [5.74, 6) is -0.775. The number of aryl methyl sites for hydroxylation is 1. The summed E-state index contributed by atoms with van der Waals surface area (Å²) >= 11 is 6.00. The van der Waals surface area contributed by atoms with E-state index in [9.17, 15) is 19.7 Å². The van der Waals surface area contributed by atoms with Gasteiger partial charge in [-0.05, 0) is 45.2 Å². The molecule has 0 aliphatic rings. The van der Waals surface area contributed by atoms with Gasteiger partial charge in [0.05, 0.1) is 4.92 Å². The molecule has 0 aromatic heterocycles. The summed E-state index contributed by atoms with van der Waals surface area (Å²) in [6, 6.07) is 2.47. The van der Waals surface area contributed by atoms with Gasteiger partial charge in [0.1, 0.15) is 10.6 Å². The first-order chi connectivity index (χ1) is 11.0. The monoisotopic (exact) mass is 357 g/mol. The molecule has 8 nitrogen and oxygen atoms in total. The Labute approximate surface area is 144 Å². The second-order valence-electron chi connectivity index (χ2n) is 6.12. The lowest BCUT2D eigenvalue weighted by Crippen LogP contribution is -2.33. The van der Waals surface area contributed by atoms with Crippen molar-refractivity contribution in [2.75, 3.05) is 6.54 Å². The van der Waals surface area contributed by atoms with Crippen molar-refractivity contribution in [2.24, 2.45) is 5.73 Å². The predicted molar refractivity (Wildman–Crippen MR) is 89.2 cm³/mol. The van der Waals surface area contributed by atoms with Crippen LogP contribution in [0.5, 0.6) is 0 Å². The predicted octanol–water partition coefficient (Wildman–Crippen LogP) is 2.80. The van der Waals surface area contributed by atoms with E-state index in [4.69, 9.17) is 22.1 Å². The van der Waals surface area contributed by atoms with E-state index < -0.39 is 22.5 Å². The average molecular weight is 358 g/mol. The molecule has 0 spiro atoms. The Hall–Kier alpha value is -2.35. The summed E-state index contributed by atoms with van der Waals surface area (Å²) in [4.78, 5) is 33.1. The molecule has 0 aliphatic carbocycles. The van der Waals surface area contributed by atoms with Crippen LogP contribution in [0, 0.1) is 10.1 Å². The minimum Gasteiger partial charge on any atom is -0.444 e. The Morgan fingerprint density at radius 3 is 2.50 bits per heavy atom. The van der Waals surface area contributed by atoms with Crippen molar-refractivity contribution in [3.63, 3.8) is 0 Å². The highest BCUT2D eigenvalue weighted by atomic mass is 35.5. The van der Waals surface area contributed by atoms with Gasteiger partial charge in [0.15, 0.2) is 0 Å². The van der Waals surface area contributed by atoms with Gasteiger partial charge >= 0.3 is 6.09 Å². The van der Waals surface area contributed by atoms with E-state index in [-0.39, 0.29) is 16.3 Å². The summed E-state index contributed by atoms with van der Waals surface area (Å²) in [6.45, 7) is 5.54. The number of primary amides is 1. The van der Waals surface area contributed by atoms with Crippen molar-refractivity contribution in [2.45, 2.75) is 39.2 Å². The number of carbonyl (C=O) groups excluding carboxylic acids is 2. The molecule has 0 radical (unpaired) electrons. The molecule has 2 amide bonds. The van der Waals surface area contributed by atoms with Crippen molar-refractivity contribution < 1.29 is 19.2 Å². The van der Waals surface area contributed by atoms with E-state index in [0.29, 0.717) is 24.9 Å². The van der Waals surface area contributed by atoms with Gasteiger partial charge in [0.25, 0.3) is 5.69 Å². The lowest BCUT2D eigenvalue weighted by molar-refractivity contribution is -0.384. The number of nitro benzene ring substituents is 1. The highest BCUT2D eigenvalue weighted by Crippen LogP contribution is 2.30. The molecule has 1 aromatic rings. The number of hydrogen-bond donors (Lipinski definition) is 2. The number of nitro groups is 1. The van der Waals surface area contributed by atoms with Gasteiger partial charge in [-0.25, -0.2) is 4.79 Å². The van der Waals surface area contributed by atoms with Crippen LogP contribution in [0.2, 0.25) is 5.02 Å². The Bertz CT molecular complexity index is 655. The highest BCUT2D eigenvalue weighted by Gasteiger charge is 2.20. The lowest BCUT2D eigenvalue weighted by Gasteiger charge is -2.19. The number of nitrogens with one attached hydrogen (secondary N) is 1. The van der Waals surface area contributed by atoms with E-state index in [1.165, 1.54) is 6.07 Å². The topological polar surface area (TPSA) is 125 Å². The first-order valence-corrected chi connectivity index (χ1v) is 7.62. The maximum absolute atomic E-state index is 11.5. The molecule has 0 atom stereocenters. The molecule has 1 aromatic carbocycles. The van der Waals surface area contributed by atoms with Crippen molar-refractivity contribution in [1.82, 2.24) is 5.32 Å². The van der Waals surface area contributed by atoms with Crippen LogP contribution in [0.1, 0.15) is 43.1 Å². The zero-order valence-corrected chi connectivity index (χ0v) is 14.5. The minimum absolute atomic E-state index is 0.0150. The summed E-state index contributed by atoms with van der Waals surface area (Å²) in [5, 5.41) is 13.5. The second-order valence-corrected chi connectivity index (χ2v) is 6.50. The molecule has 0 saturated carbocycles. The number of nitrogens with two attached hydrogens (primary N) is 1. The SMILES string of the molecule is CC(C)(C)OC(=O)NCCCc1cc(C(N)=O)cc([N+](=O)[O-])c1Cl. The molecule has 0 fully saturated rings. The van der Waals surface area contributed by atoms with Gasteiger partial charge in [0.2, 0.25) is 5.91 Å². The number of halogens is 1. The van der Waals surface area contributed by atoms with Crippen LogP contribution < -0.4 is 11.1 Å². The van der Waals surface area contributed by atoms with Gasteiger partial charge in [-0.2, -0.15) is 0 Å². The van der Waals surface area contributed by atoms with Crippen molar-refractivity contribution >= 4 is 29.3 Å².